The lowest BCUT2D eigenvalue weighted by atomic mass is 10.0. The van der Waals surface area contributed by atoms with Crippen LogP contribution in [0.3, 0.4) is 0 Å². The Labute approximate surface area is 164 Å². The lowest BCUT2D eigenvalue weighted by molar-refractivity contribution is 0.291. The van der Waals surface area contributed by atoms with Crippen LogP contribution in [-0.4, -0.2) is 23.1 Å². The van der Waals surface area contributed by atoms with E-state index < -0.39 is 0 Å². The number of rotatable bonds is 10. The first-order valence-corrected chi connectivity index (χ1v) is 11.8. The highest BCUT2D eigenvalue weighted by atomic mass is 32.9. The highest BCUT2D eigenvalue weighted by Gasteiger charge is 2.13. The molecule has 1 aromatic carbocycles. The summed E-state index contributed by atoms with van der Waals surface area (Å²) in [5.74, 6) is 0.388. The molecule has 0 atom stereocenters. The fourth-order valence-electron chi connectivity index (χ4n) is 2.98. The summed E-state index contributed by atoms with van der Waals surface area (Å²) in [4.78, 5) is 3.62. The van der Waals surface area contributed by atoms with Crippen molar-refractivity contribution in [2.24, 2.45) is 0 Å². The molecule has 0 aliphatic heterocycles. The summed E-state index contributed by atoms with van der Waals surface area (Å²) < 4.78 is 1.04. The molecule has 2 aromatic rings. The quantitative estimate of drug-likeness (QED) is 0.269. The molecule has 0 amide bonds. The third-order valence-electron chi connectivity index (χ3n) is 4.63. The summed E-state index contributed by atoms with van der Waals surface area (Å²) in [6.07, 6.45) is 6.10. The fraction of sp³-hybridized carbons (Fsp3) is 0.550. The number of unbranched alkanes of at least 4 members (excludes halogenated alkanes) is 3. The van der Waals surface area contributed by atoms with E-state index in [2.05, 4.69) is 31.7 Å². The number of hydrogen-bond acceptors (Lipinski definition) is 5. The number of phenolic OH excluding ortho intramolecular Hbond substituents is 1. The van der Waals surface area contributed by atoms with Gasteiger partial charge in [-0.3, -0.25) is 4.90 Å². The van der Waals surface area contributed by atoms with Gasteiger partial charge in [0.05, 0.1) is 4.88 Å². The molecular formula is C20H29NOS3. The average Bonchev–Trinajstić information content (AvgIpc) is 2.99. The van der Waals surface area contributed by atoms with Gasteiger partial charge in [-0.05, 0) is 55.3 Å². The number of benzene rings is 1. The zero-order valence-electron chi connectivity index (χ0n) is 15.5. The van der Waals surface area contributed by atoms with Gasteiger partial charge in [-0.2, -0.15) is 0 Å². The van der Waals surface area contributed by atoms with Gasteiger partial charge in [0, 0.05) is 12.1 Å². The van der Waals surface area contributed by atoms with Gasteiger partial charge < -0.3 is 5.11 Å². The molecule has 5 heteroatoms. The minimum absolute atomic E-state index is 0.388. The average molecular weight is 396 g/mol. The Bertz CT molecular complexity index is 716. The van der Waals surface area contributed by atoms with Gasteiger partial charge in [0.1, 0.15) is 9.57 Å². The summed E-state index contributed by atoms with van der Waals surface area (Å²) in [6.45, 7) is 9.31. The smallest absolute Gasteiger partial charge is 0.120 e. The van der Waals surface area contributed by atoms with E-state index in [9.17, 15) is 5.11 Å². The molecule has 0 saturated heterocycles. The Kier molecular flexibility index (Phi) is 8.56. The minimum Gasteiger partial charge on any atom is -0.508 e. The molecule has 2 nitrogen and oxygen atoms in total. The summed E-state index contributed by atoms with van der Waals surface area (Å²) >= 11 is 5.59. The Morgan fingerprint density at radius 2 is 1.80 bits per heavy atom. The van der Waals surface area contributed by atoms with Gasteiger partial charge in [-0.25, -0.2) is 0 Å². The second kappa shape index (κ2) is 10.4. The molecule has 1 aromatic heterocycles. The third kappa shape index (κ3) is 5.61. The van der Waals surface area contributed by atoms with Gasteiger partial charge >= 0.3 is 0 Å². The highest BCUT2D eigenvalue weighted by Crippen LogP contribution is 2.37. The van der Waals surface area contributed by atoms with Crippen LogP contribution in [0.4, 0.5) is 0 Å². The first-order valence-electron chi connectivity index (χ1n) is 9.27. The van der Waals surface area contributed by atoms with Crippen molar-refractivity contribution in [3.05, 3.63) is 33.1 Å². The predicted molar refractivity (Wildman–Crippen MR) is 115 cm³/mol. The number of nitrogens with zero attached hydrogens (tertiary/aromatic N) is 1. The zero-order chi connectivity index (χ0) is 18.2. The lowest BCUT2D eigenvalue weighted by Gasteiger charge is -2.19. The van der Waals surface area contributed by atoms with E-state index in [1.807, 2.05) is 12.1 Å². The second-order valence-corrected chi connectivity index (χ2v) is 9.19. The van der Waals surface area contributed by atoms with Crippen molar-refractivity contribution in [3.8, 4) is 16.2 Å². The molecule has 0 aliphatic rings. The lowest BCUT2D eigenvalue weighted by Crippen LogP contribution is -2.22. The molecule has 138 valence electrons. The maximum absolute atomic E-state index is 10.3. The Morgan fingerprint density at radius 1 is 1.04 bits per heavy atom. The molecular weight excluding hydrogens is 366 g/mol. The topological polar surface area (TPSA) is 23.5 Å². The first-order chi connectivity index (χ1) is 12.1. The van der Waals surface area contributed by atoms with Gasteiger partial charge in [-0.15, -0.1) is 0 Å². The number of phenols is 1. The Morgan fingerprint density at radius 3 is 2.48 bits per heavy atom. The van der Waals surface area contributed by atoms with E-state index in [1.165, 1.54) is 41.7 Å². The molecule has 0 unspecified atom stereocenters. The second-order valence-electron chi connectivity index (χ2n) is 6.38. The van der Waals surface area contributed by atoms with Gasteiger partial charge in [0.15, 0.2) is 0 Å². The van der Waals surface area contributed by atoms with Crippen LogP contribution >= 0.6 is 32.9 Å². The molecule has 2 rings (SSSR count). The van der Waals surface area contributed by atoms with E-state index in [0.717, 1.165) is 35.4 Å². The van der Waals surface area contributed by atoms with E-state index >= 15 is 0 Å². The van der Waals surface area contributed by atoms with Crippen molar-refractivity contribution in [2.45, 2.75) is 59.4 Å². The van der Waals surface area contributed by atoms with Crippen LogP contribution in [0.1, 0.15) is 57.6 Å². The number of hydrogen-bond donors (Lipinski definition) is 1. The summed E-state index contributed by atoms with van der Waals surface area (Å²) in [7, 11) is 3.49. The number of aromatic hydroxyl groups is 1. The van der Waals surface area contributed by atoms with Gasteiger partial charge in [-0.1, -0.05) is 72.9 Å². The Balaban J connectivity index is 2.25. The fourth-order valence-corrected chi connectivity index (χ4v) is 5.98. The van der Waals surface area contributed by atoms with Gasteiger partial charge in [0.25, 0.3) is 0 Å². The van der Waals surface area contributed by atoms with Crippen molar-refractivity contribution < 1.29 is 5.11 Å². The van der Waals surface area contributed by atoms with Crippen LogP contribution in [-0.2, 0) is 13.0 Å². The third-order valence-corrected chi connectivity index (χ3v) is 7.82. The standard InChI is InChI=1S/C20H29NOS3/c1-4-7-8-9-10-17-19(24-25-20(17)23)15-11-12-18(22)16(13-15)14-21(5-2)6-3/h11-13,22H,4-10,14H2,1-3H3. The predicted octanol–water partition coefficient (Wildman–Crippen LogP) is 6.88. The van der Waals surface area contributed by atoms with Crippen molar-refractivity contribution >= 4 is 32.9 Å². The first kappa shape index (κ1) is 20.6. The van der Waals surface area contributed by atoms with Crippen LogP contribution in [0.2, 0.25) is 0 Å². The largest absolute Gasteiger partial charge is 0.508 e. The molecule has 0 saturated carbocycles. The normalized spacial score (nSPS) is 11.4. The van der Waals surface area contributed by atoms with Crippen LogP contribution in [0.15, 0.2) is 18.2 Å². The molecule has 0 spiro atoms. The van der Waals surface area contributed by atoms with Crippen LogP contribution in [0, 0.1) is 3.82 Å². The summed E-state index contributed by atoms with van der Waals surface area (Å²) in [5, 5.41) is 10.3. The molecule has 0 aliphatic carbocycles. The Hall–Kier alpha value is -0.750. The van der Waals surface area contributed by atoms with Crippen LogP contribution in [0.25, 0.3) is 10.4 Å². The molecule has 0 radical (unpaired) electrons. The summed E-state index contributed by atoms with van der Waals surface area (Å²) in [5.41, 5.74) is 3.53. The van der Waals surface area contributed by atoms with Crippen molar-refractivity contribution in [1.82, 2.24) is 4.90 Å². The van der Waals surface area contributed by atoms with Crippen LogP contribution in [0.5, 0.6) is 5.75 Å². The van der Waals surface area contributed by atoms with Crippen molar-refractivity contribution in [1.29, 1.82) is 0 Å². The highest BCUT2D eigenvalue weighted by molar-refractivity contribution is 7.80. The van der Waals surface area contributed by atoms with E-state index in [-0.39, 0.29) is 0 Å². The van der Waals surface area contributed by atoms with Crippen LogP contribution < -0.4 is 0 Å². The van der Waals surface area contributed by atoms with Crippen molar-refractivity contribution in [3.63, 3.8) is 0 Å². The SMILES string of the molecule is CCCCCCc1c(-c2ccc(O)c(CN(CC)CC)c2)ssc1=S. The molecule has 0 bridgehead atoms. The maximum atomic E-state index is 10.3. The van der Waals surface area contributed by atoms with Crippen molar-refractivity contribution in [2.75, 3.05) is 13.1 Å². The molecule has 25 heavy (non-hydrogen) atoms. The molecule has 0 fully saturated rings. The zero-order valence-corrected chi connectivity index (χ0v) is 18.0. The van der Waals surface area contributed by atoms with Gasteiger partial charge in [0.2, 0.25) is 0 Å². The monoisotopic (exact) mass is 395 g/mol. The molecule has 1 N–H and O–H groups in total. The minimum atomic E-state index is 0.388. The molecule has 1 heterocycles. The van der Waals surface area contributed by atoms with E-state index in [4.69, 9.17) is 12.2 Å². The maximum Gasteiger partial charge on any atom is 0.120 e. The van der Waals surface area contributed by atoms with E-state index in [1.54, 1.807) is 20.7 Å². The van der Waals surface area contributed by atoms with E-state index in [0.29, 0.717) is 5.75 Å². The summed E-state index contributed by atoms with van der Waals surface area (Å²) in [6, 6.07) is 6.02.